The molecule has 1 fully saturated rings. The smallest absolute Gasteiger partial charge is 0.0409 e. The summed E-state index contributed by atoms with van der Waals surface area (Å²) < 4.78 is 0. The third-order valence-electron chi connectivity index (χ3n) is 4.27. The van der Waals surface area contributed by atoms with Crippen molar-refractivity contribution in [1.29, 1.82) is 0 Å². The Bertz CT molecular complexity index is 394. The SMILES string of the molecule is CNCc1cc(C)ccc1N(C)CC1CCCCC1. The van der Waals surface area contributed by atoms with Crippen LogP contribution in [0.25, 0.3) is 0 Å². The van der Waals surface area contributed by atoms with Crippen molar-refractivity contribution < 1.29 is 0 Å². The van der Waals surface area contributed by atoms with Gasteiger partial charge in [-0.2, -0.15) is 0 Å². The molecule has 0 atom stereocenters. The molecule has 0 radical (unpaired) electrons. The molecule has 19 heavy (non-hydrogen) atoms. The third kappa shape index (κ3) is 3.97. The first-order valence-corrected chi connectivity index (χ1v) is 7.66. The van der Waals surface area contributed by atoms with E-state index in [-0.39, 0.29) is 0 Å². The van der Waals surface area contributed by atoms with Crippen molar-refractivity contribution in [2.45, 2.75) is 45.6 Å². The van der Waals surface area contributed by atoms with E-state index in [1.807, 2.05) is 7.05 Å². The van der Waals surface area contributed by atoms with Crippen molar-refractivity contribution in [2.75, 3.05) is 25.5 Å². The summed E-state index contributed by atoms with van der Waals surface area (Å²) in [4.78, 5) is 2.46. The second kappa shape index (κ2) is 6.95. The van der Waals surface area contributed by atoms with Crippen molar-refractivity contribution in [3.8, 4) is 0 Å². The van der Waals surface area contributed by atoms with Gasteiger partial charge in [0, 0.05) is 25.8 Å². The minimum atomic E-state index is 0.891. The molecule has 2 nitrogen and oxygen atoms in total. The van der Waals surface area contributed by atoms with E-state index in [1.54, 1.807) is 0 Å². The highest BCUT2D eigenvalue weighted by molar-refractivity contribution is 5.54. The molecule has 1 saturated carbocycles. The highest BCUT2D eigenvalue weighted by Crippen LogP contribution is 2.27. The van der Waals surface area contributed by atoms with E-state index in [0.29, 0.717) is 0 Å². The fourth-order valence-electron chi connectivity index (χ4n) is 3.27. The number of aryl methyl sites for hydroxylation is 1. The first-order valence-electron chi connectivity index (χ1n) is 7.66. The average molecular weight is 260 g/mol. The molecule has 2 heteroatoms. The lowest BCUT2D eigenvalue weighted by atomic mass is 9.89. The minimum Gasteiger partial charge on any atom is -0.374 e. The Balaban J connectivity index is 2.06. The summed E-state index contributed by atoms with van der Waals surface area (Å²) in [6.45, 7) is 4.33. The van der Waals surface area contributed by atoms with Gasteiger partial charge in [0.2, 0.25) is 0 Å². The molecular weight excluding hydrogens is 232 g/mol. The normalized spacial score (nSPS) is 16.6. The Morgan fingerprint density at radius 2 is 1.95 bits per heavy atom. The summed E-state index contributed by atoms with van der Waals surface area (Å²) in [5, 5.41) is 3.28. The van der Waals surface area contributed by atoms with Crippen LogP contribution in [-0.4, -0.2) is 20.6 Å². The van der Waals surface area contributed by atoms with E-state index >= 15 is 0 Å². The number of nitrogens with one attached hydrogen (secondary N) is 1. The van der Waals surface area contributed by atoms with Crippen molar-refractivity contribution >= 4 is 5.69 Å². The summed E-state index contributed by atoms with van der Waals surface area (Å²) >= 11 is 0. The van der Waals surface area contributed by atoms with Crippen LogP contribution < -0.4 is 10.2 Å². The number of benzene rings is 1. The zero-order chi connectivity index (χ0) is 13.7. The Morgan fingerprint density at radius 3 is 2.63 bits per heavy atom. The highest BCUT2D eigenvalue weighted by Gasteiger charge is 2.16. The van der Waals surface area contributed by atoms with Crippen LogP contribution in [0.2, 0.25) is 0 Å². The fourth-order valence-corrected chi connectivity index (χ4v) is 3.27. The van der Waals surface area contributed by atoms with E-state index in [4.69, 9.17) is 0 Å². The van der Waals surface area contributed by atoms with Crippen molar-refractivity contribution in [2.24, 2.45) is 5.92 Å². The monoisotopic (exact) mass is 260 g/mol. The van der Waals surface area contributed by atoms with Crippen LogP contribution in [0.15, 0.2) is 18.2 Å². The molecule has 0 heterocycles. The minimum absolute atomic E-state index is 0.891. The van der Waals surface area contributed by atoms with Gasteiger partial charge in [0.15, 0.2) is 0 Å². The number of rotatable bonds is 5. The maximum atomic E-state index is 3.28. The number of anilines is 1. The number of hydrogen-bond donors (Lipinski definition) is 1. The topological polar surface area (TPSA) is 15.3 Å². The Kier molecular flexibility index (Phi) is 5.26. The van der Waals surface area contributed by atoms with Gasteiger partial charge in [-0.25, -0.2) is 0 Å². The van der Waals surface area contributed by atoms with Crippen LogP contribution in [0.4, 0.5) is 5.69 Å². The highest BCUT2D eigenvalue weighted by atomic mass is 15.1. The van der Waals surface area contributed by atoms with Crippen LogP contribution in [0.5, 0.6) is 0 Å². The van der Waals surface area contributed by atoms with E-state index in [1.165, 1.54) is 55.5 Å². The number of hydrogen-bond acceptors (Lipinski definition) is 2. The van der Waals surface area contributed by atoms with Crippen molar-refractivity contribution in [3.05, 3.63) is 29.3 Å². The maximum Gasteiger partial charge on any atom is 0.0409 e. The molecule has 1 aromatic carbocycles. The van der Waals surface area contributed by atoms with Gasteiger partial charge in [0.25, 0.3) is 0 Å². The predicted molar refractivity (Wildman–Crippen MR) is 83.8 cm³/mol. The van der Waals surface area contributed by atoms with E-state index in [9.17, 15) is 0 Å². The van der Waals surface area contributed by atoms with Gasteiger partial charge < -0.3 is 10.2 Å². The lowest BCUT2D eigenvalue weighted by Crippen LogP contribution is -2.28. The lowest BCUT2D eigenvalue weighted by Gasteiger charge is -2.30. The zero-order valence-corrected chi connectivity index (χ0v) is 12.7. The largest absolute Gasteiger partial charge is 0.374 e. The van der Waals surface area contributed by atoms with Crippen LogP contribution in [0.1, 0.15) is 43.2 Å². The molecule has 0 aromatic heterocycles. The van der Waals surface area contributed by atoms with Crippen LogP contribution >= 0.6 is 0 Å². The van der Waals surface area contributed by atoms with E-state index in [2.05, 4.69) is 42.4 Å². The van der Waals surface area contributed by atoms with Gasteiger partial charge in [-0.3, -0.25) is 0 Å². The van der Waals surface area contributed by atoms with Gasteiger partial charge >= 0.3 is 0 Å². The zero-order valence-electron chi connectivity index (χ0n) is 12.7. The summed E-state index contributed by atoms with van der Waals surface area (Å²) in [5.41, 5.74) is 4.16. The molecular formula is C17H28N2. The second-order valence-electron chi connectivity index (χ2n) is 6.05. The second-order valence-corrected chi connectivity index (χ2v) is 6.05. The van der Waals surface area contributed by atoms with Gasteiger partial charge in [-0.05, 0) is 44.4 Å². The molecule has 0 spiro atoms. The molecule has 1 aliphatic carbocycles. The summed E-state index contributed by atoms with van der Waals surface area (Å²) in [5.74, 6) is 0.891. The molecule has 2 rings (SSSR count). The molecule has 0 unspecified atom stereocenters. The van der Waals surface area contributed by atoms with Crippen LogP contribution in [0.3, 0.4) is 0 Å². The van der Waals surface area contributed by atoms with Crippen LogP contribution in [-0.2, 0) is 6.54 Å². The predicted octanol–water partition coefficient (Wildman–Crippen LogP) is 3.73. The fraction of sp³-hybridized carbons (Fsp3) is 0.647. The summed E-state index contributed by atoms with van der Waals surface area (Å²) in [7, 11) is 4.27. The summed E-state index contributed by atoms with van der Waals surface area (Å²) in [6, 6.07) is 6.82. The lowest BCUT2D eigenvalue weighted by molar-refractivity contribution is 0.362. The standard InChI is InChI=1S/C17H28N2/c1-14-9-10-17(16(11-14)12-18-2)19(3)13-15-7-5-4-6-8-15/h9-11,15,18H,4-8,12-13H2,1-3H3. The molecule has 0 amide bonds. The number of nitrogens with zero attached hydrogens (tertiary/aromatic N) is 1. The Morgan fingerprint density at radius 1 is 1.21 bits per heavy atom. The molecule has 1 aliphatic rings. The Labute approximate surface area is 118 Å². The molecule has 0 saturated heterocycles. The third-order valence-corrected chi connectivity index (χ3v) is 4.27. The first kappa shape index (κ1) is 14.4. The molecule has 106 valence electrons. The first-order chi connectivity index (χ1) is 9.20. The van der Waals surface area contributed by atoms with E-state index < -0.39 is 0 Å². The van der Waals surface area contributed by atoms with Gasteiger partial charge in [-0.1, -0.05) is 37.0 Å². The van der Waals surface area contributed by atoms with Crippen molar-refractivity contribution in [3.63, 3.8) is 0 Å². The summed E-state index contributed by atoms with van der Waals surface area (Å²) in [6.07, 6.45) is 7.12. The molecule has 1 aromatic rings. The van der Waals surface area contributed by atoms with Crippen LogP contribution in [0, 0.1) is 12.8 Å². The van der Waals surface area contributed by atoms with E-state index in [0.717, 1.165) is 12.5 Å². The molecule has 1 N–H and O–H groups in total. The maximum absolute atomic E-state index is 3.28. The molecule has 0 aliphatic heterocycles. The van der Waals surface area contributed by atoms with Gasteiger partial charge in [-0.15, -0.1) is 0 Å². The average Bonchev–Trinajstić information content (AvgIpc) is 2.40. The molecule has 0 bridgehead atoms. The van der Waals surface area contributed by atoms with Gasteiger partial charge in [0.05, 0.1) is 0 Å². The van der Waals surface area contributed by atoms with Gasteiger partial charge in [0.1, 0.15) is 0 Å². The quantitative estimate of drug-likeness (QED) is 0.868. The Hall–Kier alpha value is -1.02. The van der Waals surface area contributed by atoms with Crippen molar-refractivity contribution in [1.82, 2.24) is 5.32 Å².